The highest BCUT2D eigenvalue weighted by Gasteiger charge is 2.13. The summed E-state index contributed by atoms with van der Waals surface area (Å²) in [5.74, 6) is 0.425. The van der Waals surface area contributed by atoms with Crippen molar-refractivity contribution >= 4 is 11.8 Å². The summed E-state index contributed by atoms with van der Waals surface area (Å²) in [4.78, 5) is 0.802. The van der Waals surface area contributed by atoms with Gasteiger partial charge in [0.2, 0.25) is 0 Å². The van der Waals surface area contributed by atoms with Gasteiger partial charge in [0.1, 0.15) is 5.82 Å². The highest BCUT2D eigenvalue weighted by atomic mass is 32.2. The molecule has 0 aliphatic carbocycles. The molecular formula is C16H17FOS. The second kappa shape index (κ2) is 6.22. The molecular weight excluding hydrogens is 259 g/mol. The molecule has 3 heteroatoms. The van der Waals surface area contributed by atoms with Gasteiger partial charge < -0.3 is 5.11 Å². The zero-order valence-corrected chi connectivity index (χ0v) is 11.9. The third kappa shape index (κ3) is 3.58. The lowest BCUT2D eigenvalue weighted by Gasteiger charge is -2.12. The minimum Gasteiger partial charge on any atom is -0.389 e. The van der Waals surface area contributed by atoms with E-state index in [1.54, 1.807) is 24.8 Å². The van der Waals surface area contributed by atoms with Crippen molar-refractivity contribution in [3.63, 3.8) is 0 Å². The van der Waals surface area contributed by atoms with Crippen LogP contribution in [0.5, 0.6) is 0 Å². The summed E-state index contributed by atoms with van der Waals surface area (Å²) in [6.45, 7) is 3.65. The van der Waals surface area contributed by atoms with Crippen LogP contribution in [0.2, 0.25) is 0 Å². The number of rotatable bonds is 4. The Hall–Kier alpha value is -1.32. The number of aliphatic hydroxyl groups is 1. The summed E-state index contributed by atoms with van der Waals surface area (Å²) >= 11 is 1.55. The van der Waals surface area contributed by atoms with Crippen LogP contribution in [0, 0.1) is 12.7 Å². The van der Waals surface area contributed by atoms with Gasteiger partial charge in [-0.3, -0.25) is 0 Å². The van der Waals surface area contributed by atoms with Gasteiger partial charge in [-0.1, -0.05) is 35.9 Å². The molecule has 0 radical (unpaired) electrons. The predicted octanol–water partition coefficient (Wildman–Crippen LogP) is 4.48. The van der Waals surface area contributed by atoms with Crippen molar-refractivity contribution < 1.29 is 9.50 Å². The van der Waals surface area contributed by atoms with Gasteiger partial charge >= 0.3 is 0 Å². The molecule has 0 bridgehead atoms. The van der Waals surface area contributed by atoms with Gasteiger partial charge in [0.25, 0.3) is 0 Å². The smallest absolute Gasteiger partial charge is 0.130 e. The number of hydrogen-bond donors (Lipinski definition) is 1. The van der Waals surface area contributed by atoms with Crippen molar-refractivity contribution in [3.05, 3.63) is 65.0 Å². The Morgan fingerprint density at radius 1 is 1.21 bits per heavy atom. The SMILES string of the molecule is Cc1cccc(CSc2cccc(F)c2[C@H](C)O)c1. The van der Waals surface area contributed by atoms with Gasteiger partial charge in [-0.05, 0) is 31.5 Å². The molecule has 0 amide bonds. The van der Waals surface area contributed by atoms with Crippen LogP contribution >= 0.6 is 11.8 Å². The predicted molar refractivity (Wildman–Crippen MR) is 77.8 cm³/mol. The van der Waals surface area contributed by atoms with E-state index in [9.17, 15) is 9.50 Å². The topological polar surface area (TPSA) is 20.2 Å². The molecule has 0 aromatic heterocycles. The molecule has 0 saturated heterocycles. The summed E-state index contributed by atoms with van der Waals surface area (Å²) in [6, 6.07) is 13.2. The van der Waals surface area contributed by atoms with Crippen LogP contribution in [-0.2, 0) is 5.75 Å². The number of benzene rings is 2. The van der Waals surface area contributed by atoms with Crippen LogP contribution in [-0.4, -0.2) is 5.11 Å². The number of halogens is 1. The van der Waals surface area contributed by atoms with Crippen LogP contribution in [0.4, 0.5) is 4.39 Å². The molecule has 19 heavy (non-hydrogen) atoms. The van der Waals surface area contributed by atoms with E-state index in [-0.39, 0.29) is 5.82 Å². The summed E-state index contributed by atoms with van der Waals surface area (Å²) in [6.07, 6.45) is -0.791. The average molecular weight is 276 g/mol. The first-order chi connectivity index (χ1) is 9.08. The molecule has 1 nitrogen and oxygen atoms in total. The number of thioether (sulfide) groups is 1. The van der Waals surface area contributed by atoms with E-state index >= 15 is 0 Å². The van der Waals surface area contributed by atoms with Gasteiger partial charge in [-0.25, -0.2) is 4.39 Å². The first-order valence-electron chi connectivity index (χ1n) is 6.22. The Morgan fingerprint density at radius 2 is 1.95 bits per heavy atom. The van der Waals surface area contributed by atoms with Crippen LogP contribution in [0.15, 0.2) is 47.4 Å². The lowest BCUT2D eigenvalue weighted by Crippen LogP contribution is -1.98. The van der Waals surface area contributed by atoms with Gasteiger partial charge in [-0.15, -0.1) is 11.8 Å². The Morgan fingerprint density at radius 3 is 2.63 bits per heavy atom. The molecule has 0 unspecified atom stereocenters. The van der Waals surface area contributed by atoms with Crippen molar-refractivity contribution in [3.8, 4) is 0 Å². The molecule has 0 aliphatic heterocycles. The Bertz CT molecular complexity index is 566. The van der Waals surface area contributed by atoms with Gasteiger partial charge in [0.15, 0.2) is 0 Å². The molecule has 2 rings (SSSR count). The number of aryl methyl sites for hydroxylation is 1. The van der Waals surface area contributed by atoms with Crippen molar-refractivity contribution in [1.29, 1.82) is 0 Å². The summed E-state index contributed by atoms with van der Waals surface area (Å²) in [5.41, 5.74) is 2.80. The van der Waals surface area contributed by atoms with Crippen LogP contribution in [0.25, 0.3) is 0 Å². The van der Waals surface area contributed by atoms with Gasteiger partial charge in [0.05, 0.1) is 6.10 Å². The maximum absolute atomic E-state index is 13.7. The lowest BCUT2D eigenvalue weighted by molar-refractivity contribution is 0.191. The molecule has 0 spiro atoms. The van der Waals surface area contributed by atoms with E-state index < -0.39 is 6.10 Å². The van der Waals surface area contributed by atoms with E-state index in [1.165, 1.54) is 17.2 Å². The van der Waals surface area contributed by atoms with E-state index in [1.807, 2.05) is 12.1 Å². The van der Waals surface area contributed by atoms with E-state index in [0.29, 0.717) is 5.56 Å². The normalized spacial score (nSPS) is 12.4. The molecule has 2 aromatic carbocycles. The molecule has 0 heterocycles. The molecule has 100 valence electrons. The monoisotopic (exact) mass is 276 g/mol. The summed E-state index contributed by atoms with van der Waals surface area (Å²) < 4.78 is 13.7. The first-order valence-corrected chi connectivity index (χ1v) is 7.21. The molecule has 0 saturated carbocycles. The maximum atomic E-state index is 13.7. The lowest BCUT2D eigenvalue weighted by atomic mass is 10.1. The molecule has 0 fully saturated rings. The van der Waals surface area contributed by atoms with E-state index in [2.05, 4.69) is 25.1 Å². The number of aliphatic hydroxyl groups excluding tert-OH is 1. The van der Waals surface area contributed by atoms with Crippen LogP contribution in [0.3, 0.4) is 0 Å². The third-order valence-corrected chi connectivity index (χ3v) is 4.05. The zero-order chi connectivity index (χ0) is 13.8. The van der Waals surface area contributed by atoms with E-state index in [4.69, 9.17) is 0 Å². The summed E-state index contributed by atoms with van der Waals surface area (Å²) in [7, 11) is 0. The fourth-order valence-electron chi connectivity index (χ4n) is 2.01. The molecule has 0 aliphatic rings. The highest BCUT2D eigenvalue weighted by molar-refractivity contribution is 7.98. The second-order valence-corrected chi connectivity index (χ2v) is 5.62. The van der Waals surface area contributed by atoms with E-state index in [0.717, 1.165) is 10.6 Å². The molecule has 1 atom stereocenters. The fourth-order valence-corrected chi connectivity index (χ4v) is 3.11. The van der Waals surface area contributed by atoms with Gasteiger partial charge in [0, 0.05) is 16.2 Å². The van der Waals surface area contributed by atoms with Crippen molar-refractivity contribution in [2.24, 2.45) is 0 Å². The Kier molecular flexibility index (Phi) is 4.61. The number of hydrogen-bond acceptors (Lipinski definition) is 2. The van der Waals surface area contributed by atoms with Crippen molar-refractivity contribution in [2.45, 2.75) is 30.6 Å². The average Bonchev–Trinajstić information content (AvgIpc) is 2.36. The third-order valence-electron chi connectivity index (χ3n) is 2.91. The standard InChI is InChI=1S/C16H17FOS/c1-11-5-3-6-13(9-11)10-19-15-8-4-7-14(17)16(15)12(2)18/h3-9,12,18H,10H2,1-2H3/t12-/m0/s1. The minimum atomic E-state index is -0.791. The zero-order valence-electron chi connectivity index (χ0n) is 11.1. The second-order valence-electron chi connectivity index (χ2n) is 4.61. The maximum Gasteiger partial charge on any atom is 0.130 e. The highest BCUT2D eigenvalue weighted by Crippen LogP contribution is 2.31. The minimum absolute atomic E-state index is 0.343. The van der Waals surface area contributed by atoms with Gasteiger partial charge in [-0.2, -0.15) is 0 Å². The molecule has 1 N–H and O–H groups in total. The Labute approximate surface area is 117 Å². The summed E-state index contributed by atoms with van der Waals surface area (Å²) in [5, 5.41) is 9.67. The van der Waals surface area contributed by atoms with Crippen LogP contribution in [0.1, 0.15) is 29.7 Å². The van der Waals surface area contributed by atoms with Crippen LogP contribution < -0.4 is 0 Å². The largest absolute Gasteiger partial charge is 0.389 e. The Balaban J connectivity index is 2.18. The quantitative estimate of drug-likeness (QED) is 0.831. The fraction of sp³-hybridized carbons (Fsp3) is 0.250. The van der Waals surface area contributed by atoms with Crippen molar-refractivity contribution in [1.82, 2.24) is 0 Å². The first kappa shape index (κ1) is 14.1. The van der Waals surface area contributed by atoms with Crippen molar-refractivity contribution in [2.75, 3.05) is 0 Å². The molecule has 2 aromatic rings.